The number of nitrogens with one attached hydrogen (secondary N) is 3. The predicted octanol–water partition coefficient (Wildman–Crippen LogP) is 0.523. The molecule has 1 aromatic carbocycles. The van der Waals surface area contributed by atoms with Crippen molar-refractivity contribution in [2.45, 2.75) is 71.6 Å². The van der Waals surface area contributed by atoms with Crippen LogP contribution in [-0.4, -0.2) is 58.1 Å². The van der Waals surface area contributed by atoms with E-state index in [-0.39, 0.29) is 24.0 Å². The summed E-state index contributed by atoms with van der Waals surface area (Å²) in [6, 6.07) is 2.19. The second kappa shape index (κ2) is 12.8. The van der Waals surface area contributed by atoms with Crippen LogP contribution in [0.5, 0.6) is 5.75 Å². The Morgan fingerprint density at radius 1 is 0.909 bits per heavy atom. The number of carbonyl (C=O) groups excluding carboxylic acids is 3. The monoisotopic (exact) mass is 464 g/mol. The smallest absolute Gasteiger partial charge is 0.325 e. The molecule has 184 valence electrons. The third-order valence-corrected chi connectivity index (χ3v) is 5.55. The van der Waals surface area contributed by atoms with Crippen molar-refractivity contribution in [1.82, 2.24) is 16.0 Å². The highest BCUT2D eigenvalue weighted by Gasteiger charge is 2.32. The van der Waals surface area contributed by atoms with Gasteiger partial charge in [-0.25, -0.2) is 0 Å². The fraction of sp³-hybridized carbons (Fsp3) is 0.565. The van der Waals surface area contributed by atoms with Gasteiger partial charge in [0.05, 0.1) is 6.04 Å². The van der Waals surface area contributed by atoms with E-state index >= 15 is 0 Å². The van der Waals surface area contributed by atoms with Crippen molar-refractivity contribution < 1.29 is 29.4 Å². The highest BCUT2D eigenvalue weighted by molar-refractivity contribution is 5.94. The molecule has 1 rings (SSSR count). The average Bonchev–Trinajstić information content (AvgIpc) is 2.76. The molecule has 10 heteroatoms. The van der Waals surface area contributed by atoms with Crippen LogP contribution in [-0.2, 0) is 25.6 Å². The van der Waals surface area contributed by atoms with E-state index in [4.69, 9.17) is 10.8 Å². The SMILES string of the molecule is CCC(C)C(NC(=O)C(Cc1ccc(O)cc1)NC(=O)C(N)C(C)C)C(=O)NC(C)C(=O)O. The lowest BCUT2D eigenvalue weighted by molar-refractivity contribution is -0.142. The molecule has 0 radical (unpaired) electrons. The molecule has 0 aliphatic carbocycles. The number of hydrogen-bond acceptors (Lipinski definition) is 6. The minimum Gasteiger partial charge on any atom is -0.508 e. The summed E-state index contributed by atoms with van der Waals surface area (Å²) < 4.78 is 0. The Morgan fingerprint density at radius 3 is 1.97 bits per heavy atom. The van der Waals surface area contributed by atoms with Gasteiger partial charge in [-0.15, -0.1) is 0 Å². The van der Waals surface area contributed by atoms with Gasteiger partial charge in [0, 0.05) is 6.42 Å². The number of hydrogen-bond donors (Lipinski definition) is 6. The number of phenols is 1. The summed E-state index contributed by atoms with van der Waals surface area (Å²) in [7, 11) is 0. The van der Waals surface area contributed by atoms with E-state index in [1.54, 1.807) is 32.9 Å². The number of carboxylic acid groups (broad SMARTS) is 1. The van der Waals surface area contributed by atoms with E-state index in [2.05, 4.69) is 16.0 Å². The largest absolute Gasteiger partial charge is 0.508 e. The van der Waals surface area contributed by atoms with E-state index in [1.165, 1.54) is 19.1 Å². The van der Waals surface area contributed by atoms with E-state index in [1.807, 2.05) is 6.92 Å². The molecular formula is C23H36N4O6. The van der Waals surface area contributed by atoms with Gasteiger partial charge < -0.3 is 31.9 Å². The first-order valence-corrected chi connectivity index (χ1v) is 11.0. The maximum absolute atomic E-state index is 13.2. The molecule has 0 saturated heterocycles. The number of aromatic hydroxyl groups is 1. The Bertz CT molecular complexity index is 827. The number of amides is 3. The first-order valence-electron chi connectivity index (χ1n) is 11.0. The Morgan fingerprint density at radius 2 is 1.48 bits per heavy atom. The quantitative estimate of drug-likeness (QED) is 0.262. The molecule has 0 saturated carbocycles. The van der Waals surface area contributed by atoms with Crippen molar-refractivity contribution in [1.29, 1.82) is 0 Å². The van der Waals surface area contributed by atoms with E-state index in [0.29, 0.717) is 12.0 Å². The fourth-order valence-electron chi connectivity index (χ4n) is 2.97. The molecule has 33 heavy (non-hydrogen) atoms. The molecule has 1 aromatic rings. The third-order valence-electron chi connectivity index (χ3n) is 5.55. The Hall–Kier alpha value is -3.14. The van der Waals surface area contributed by atoms with Crippen LogP contribution in [0.15, 0.2) is 24.3 Å². The molecular weight excluding hydrogens is 428 g/mol. The topological polar surface area (TPSA) is 171 Å². The van der Waals surface area contributed by atoms with Gasteiger partial charge in [0.2, 0.25) is 17.7 Å². The van der Waals surface area contributed by atoms with Crippen LogP contribution in [0, 0.1) is 11.8 Å². The molecule has 0 heterocycles. The van der Waals surface area contributed by atoms with E-state index < -0.39 is 47.9 Å². The maximum atomic E-state index is 13.2. The first-order chi connectivity index (χ1) is 15.4. The fourth-order valence-corrected chi connectivity index (χ4v) is 2.97. The van der Waals surface area contributed by atoms with Crippen LogP contribution < -0.4 is 21.7 Å². The second-order valence-electron chi connectivity index (χ2n) is 8.64. The van der Waals surface area contributed by atoms with Gasteiger partial charge in [-0.2, -0.15) is 0 Å². The lowest BCUT2D eigenvalue weighted by Crippen LogP contribution is -2.59. The zero-order valence-corrected chi connectivity index (χ0v) is 19.8. The summed E-state index contributed by atoms with van der Waals surface area (Å²) in [6.07, 6.45) is 0.649. The lowest BCUT2D eigenvalue weighted by atomic mass is 9.96. The van der Waals surface area contributed by atoms with Crippen LogP contribution in [0.2, 0.25) is 0 Å². The normalized spacial score (nSPS) is 15.6. The number of nitrogens with two attached hydrogens (primary N) is 1. The average molecular weight is 465 g/mol. The van der Waals surface area contributed by atoms with E-state index in [0.717, 1.165) is 0 Å². The first kappa shape index (κ1) is 27.9. The zero-order chi connectivity index (χ0) is 25.3. The molecule has 0 aliphatic rings. The molecule has 0 bridgehead atoms. The minimum absolute atomic E-state index is 0.0617. The molecule has 5 unspecified atom stereocenters. The minimum atomic E-state index is -1.20. The zero-order valence-electron chi connectivity index (χ0n) is 19.8. The van der Waals surface area contributed by atoms with E-state index in [9.17, 15) is 24.3 Å². The summed E-state index contributed by atoms with van der Waals surface area (Å²) in [5.41, 5.74) is 6.60. The Labute approximate surface area is 194 Å². The number of carboxylic acids is 1. The van der Waals surface area contributed by atoms with Gasteiger partial charge in [0.25, 0.3) is 0 Å². The summed E-state index contributed by atoms with van der Waals surface area (Å²) in [6.45, 7) is 8.50. The number of aliphatic carboxylic acids is 1. The summed E-state index contributed by atoms with van der Waals surface area (Å²) in [5.74, 6) is -3.31. The van der Waals surface area contributed by atoms with Gasteiger partial charge in [-0.1, -0.05) is 46.2 Å². The third kappa shape index (κ3) is 8.72. The molecule has 0 fully saturated rings. The van der Waals surface area contributed by atoms with Crippen LogP contribution in [0.4, 0.5) is 0 Å². The van der Waals surface area contributed by atoms with Gasteiger partial charge in [0.15, 0.2) is 0 Å². The van der Waals surface area contributed by atoms with Crippen molar-refractivity contribution >= 4 is 23.7 Å². The maximum Gasteiger partial charge on any atom is 0.325 e. The van der Waals surface area contributed by atoms with Crippen LogP contribution >= 0.6 is 0 Å². The van der Waals surface area contributed by atoms with Crippen LogP contribution in [0.3, 0.4) is 0 Å². The Balaban J connectivity index is 3.12. The summed E-state index contributed by atoms with van der Waals surface area (Å²) >= 11 is 0. The number of rotatable bonds is 12. The van der Waals surface area contributed by atoms with Gasteiger partial charge in [-0.3, -0.25) is 19.2 Å². The molecule has 5 atom stereocenters. The van der Waals surface area contributed by atoms with Crippen LogP contribution in [0.25, 0.3) is 0 Å². The molecule has 0 spiro atoms. The van der Waals surface area contributed by atoms with Gasteiger partial charge in [-0.05, 0) is 36.5 Å². The van der Waals surface area contributed by atoms with Crippen molar-refractivity contribution in [3.63, 3.8) is 0 Å². The molecule has 10 nitrogen and oxygen atoms in total. The number of carbonyl (C=O) groups is 4. The predicted molar refractivity (Wildman–Crippen MR) is 123 cm³/mol. The molecule has 0 aromatic heterocycles. The second-order valence-corrected chi connectivity index (χ2v) is 8.64. The van der Waals surface area contributed by atoms with Crippen LogP contribution in [0.1, 0.15) is 46.6 Å². The Kier molecular flexibility index (Phi) is 10.8. The van der Waals surface area contributed by atoms with Crippen molar-refractivity contribution in [2.75, 3.05) is 0 Å². The number of benzene rings is 1. The van der Waals surface area contributed by atoms with Crippen molar-refractivity contribution in [3.05, 3.63) is 29.8 Å². The highest BCUT2D eigenvalue weighted by atomic mass is 16.4. The molecule has 3 amide bonds. The number of phenolic OH excluding ortho intramolecular Hbond substituents is 1. The standard InChI is InChI=1S/C23H36N4O6/c1-6-13(4)19(22(31)25-14(5)23(32)33)27-20(29)17(26-21(30)18(24)12(2)3)11-15-7-9-16(28)10-8-15/h7-10,12-14,17-19,28H,6,11,24H2,1-5H3,(H,25,31)(H,26,30)(H,27,29)(H,32,33). The van der Waals surface area contributed by atoms with Crippen molar-refractivity contribution in [3.8, 4) is 5.75 Å². The lowest BCUT2D eigenvalue weighted by Gasteiger charge is -2.28. The molecule has 7 N–H and O–H groups in total. The van der Waals surface area contributed by atoms with Crippen molar-refractivity contribution in [2.24, 2.45) is 17.6 Å². The van der Waals surface area contributed by atoms with Gasteiger partial charge >= 0.3 is 5.97 Å². The highest BCUT2D eigenvalue weighted by Crippen LogP contribution is 2.13. The summed E-state index contributed by atoms with van der Waals surface area (Å²) in [5, 5.41) is 26.3. The van der Waals surface area contributed by atoms with Gasteiger partial charge in [0.1, 0.15) is 23.9 Å². The molecule has 0 aliphatic heterocycles. The summed E-state index contributed by atoms with van der Waals surface area (Å²) in [4.78, 5) is 49.6.